The average molecular weight is 314 g/mol. The van der Waals surface area contributed by atoms with Gasteiger partial charge in [-0.05, 0) is 16.0 Å². The highest BCUT2D eigenvalue weighted by Crippen LogP contribution is 2.21. The highest BCUT2D eigenvalue weighted by atomic mass is 16.6. The first kappa shape index (κ1) is 14.7. The van der Waals surface area contributed by atoms with Crippen molar-refractivity contribution >= 4 is 17.4 Å². The molecule has 0 bridgehead atoms. The Morgan fingerprint density at radius 1 is 1.39 bits per heavy atom. The van der Waals surface area contributed by atoms with Crippen LogP contribution in [-0.2, 0) is 7.05 Å². The molecular formula is C14H14N6O3. The molecule has 9 heteroatoms. The van der Waals surface area contributed by atoms with Crippen LogP contribution in [0.4, 0.5) is 11.5 Å². The fraction of sp³-hybridized carbons (Fsp3) is 0.214. The molecule has 2 aromatic rings. The van der Waals surface area contributed by atoms with Crippen molar-refractivity contribution in [2.24, 2.45) is 12.0 Å². The van der Waals surface area contributed by atoms with Crippen molar-refractivity contribution < 1.29 is 9.66 Å². The summed E-state index contributed by atoms with van der Waals surface area (Å²) >= 11 is 0. The van der Waals surface area contributed by atoms with Crippen LogP contribution in [0.3, 0.4) is 0 Å². The summed E-state index contributed by atoms with van der Waals surface area (Å²) in [7, 11) is 1.85. The summed E-state index contributed by atoms with van der Waals surface area (Å²) in [6, 6.07) is 2.82. The van der Waals surface area contributed by atoms with Crippen molar-refractivity contribution in [3.05, 3.63) is 52.6 Å². The minimum atomic E-state index is -0.541. The molecule has 0 saturated heterocycles. The van der Waals surface area contributed by atoms with Gasteiger partial charge in [-0.2, -0.15) is 5.10 Å². The first-order valence-corrected chi connectivity index (χ1v) is 6.81. The number of ether oxygens (including phenoxy) is 1. The van der Waals surface area contributed by atoms with Gasteiger partial charge in [0.25, 0.3) is 0 Å². The Bertz CT molecular complexity index is 811. The van der Waals surface area contributed by atoms with Gasteiger partial charge in [-0.3, -0.25) is 4.68 Å². The van der Waals surface area contributed by atoms with E-state index in [0.717, 1.165) is 5.69 Å². The summed E-state index contributed by atoms with van der Waals surface area (Å²) in [4.78, 5) is 20.3. The molecule has 0 aromatic carbocycles. The number of anilines is 1. The van der Waals surface area contributed by atoms with Gasteiger partial charge in [-0.1, -0.05) is 0 Å². The lowest BCUT2D eigenvalue weighted by Gasteiger charge is -2.20. The molecule has 3 heterocycles. The van der Waals surface area contributed by atoms with Gasteiger partial charge in [0.05, 0.1) is 11.9 Å². The number of aromatic nitrogens is 3. The van der Waals surface area contributed by atoms with E-state index < -0.39 is 4.92 Å². The standard InChI is InChI=1S/C14H14N6O3/c1-10-12(3-4-13(17-10)20(21)22)23-14-5-6-19(9-15-14)11-7-16-18(2)8-11/h3-8H,9H2,1-2H3. The van der Waals surface area contributed by atoms with Gasteiger partial charge in [-0.15, -0.1) is 0 Å². The van der Waals surface area contributed by atoms with E-state index in [1.807, 2.05) is 24.3 Å². The van der Waals surface area contributed by atoms with Gasteiger partial charge in [0.1, 0.15) is 6.67 Å². The van der Waals surface area contributed by atoms with Crippen LogP contribution in [-0.4, -0.2) is 32.3 Å². The van der Waals surface area contributed by atoms with Crippen molar-refractivity contribution in [2.75, 3.05) is 11.6 Å². The van der Waals surface area contributed by atoms with E-state index in [1.54, 1.807) is 23.9 Å². The van der Waals surface area contributed by atoms with Crippen LogP contribution in [0, 0.1) is 17.0 Å². The maximum Gasteiger partial charge on any atom is 0.363 e. The summed E-state index contributed by atoms with van der Waals surface area (Å²) in [5.74, 6) is 0.649. The first-order valence-electron chi connectivity index (χ1n) is 6.81. The zero-order valence-corrected chi connectivity index (χ0v) is 12.6. The highest BCUT2D eigenvalue weighted by molar-refractivity contribution is 5.91. The van der Waals surface area contributed by atoms with Gasteiger partial charge in [0.2, 0.25) is 5.90 Å². The fourth-order valence-corrected chi connectivity index (χ4v) is 2.05. The molecule has 0 unspecified atom stereocenters. The second-order valence-corrected chi connectivity index (χ2v) is 4.91. The smallest absolute Gasteiger partial charge is 0.363 e. The molecule has 118 valence electrons. The van der Waals surface area contributed by atoms with Crippen molar-refractivity contribution in [3.63, 3.8) is 0 Å². The monoisotopic (exact) mass is 314 g/mol. The van der Waals surface area contributed by atoms with E-state index in [-0.39, 0.29) is 5.82 Å². The Balaban J connectivity index is 1.69. The fourth-order valence-electron chi connectivity index (χ4n) is 2.05. The van der Waals surface area contributed by atoms with Crippen LogP contribution in [0.1, 0.15) is 5.69 Å². The van der Waals surface area contributed by atoms with Gasteiger partial charge in [0, 0.05) is 38.5 Å². The number of rotatable bonds is 3. The number of hydrogen-bond acceptors (Lipinski definition) is 7. The summed E-state index contributed by atoms with van der Waals surface area (Å²) in [6.45, 7) is 2.05. The maximum absolute atomic E-state index is 10.7. The Labute approximate surface area is 131 Å². The summed E-state index contributed by atoms with van der Waals surface area (Å²) in [5.41, 5.74) is 1.37. The van der Waals surface area contributed by atoms with Crippen LogP contribution in [0.25, 0.3) is 0 Å². The molecule has 1 aliphatic heterocycles. The lowest BCUT2D eigenvalue weighted by atomic mass is 10.3. The third-order valence-corrected chi connectivity index (χ3v) is 3.22. The lowest BCUT2D eigenvalue weighted by molar-refractivity contribution is -0.389. The largest absolute Gasteiger partial charge is 0.435 e. The topological polar surface area (TPSA) is 98.7 Å². The molecule has 2 aromatic heterocycles. The molecule has 9 nitrogen and oxygen atoms in total. The third kappa shape index (κ3) is 3.18. The van der Waals surface area contributed by atoms with Gasteiger partial charge in [-0.25, -0.2) is 4.99 Å². The second kappa shape index (κ2) is 5.87. The highest BCUT2D eigenvalue weighted by Gasteiger charge is 2.16. The van der Waals surface area contributed by atoms with Crippen LogP contribution in [0.2, 0.25) is 0 Å². The minimum absolute atomic E-state index is 0.210. The Hall–Kier alpha value is -3.23. The van der Waals surface area contributed by atoms with E-state index >= 15 is 0 Å². The van der Waals surface area contributed by atoms with Crippen LogP contribution in [0.5, 0.6) is 5.75 Å². The molecule has 0 N–H and O–H groups in total. The van der Waals surface area contributed by atoms with Crippen molar-refractivity contribution in [1.82, 2.24) is 14.8 Å². The predicted molar refractivity (Wildman–Crippen MR) is 83.4 cm³/mol. The summed E-state index contributed by atoms with van der Waals surface area (Å²) < 4.78 is 7.35. The van der Waals surface area contributed by atoms with Crippen molar-refractivity contribution in [2.45, 2.75) is 6.92 Å². The molecule has 0 saturated carbocycles. The summed E-state index contributed by atoms with van der Waals surface area (Å²) in [6.07, 6.45) is 7.19. The first-order chi connectivity index (χ1) is 11.0. The number of aryl methyl sites for hydroxylation is 2. The maximum atomic E-state index is 10.7. The molecule has 0 fully saturated rings. The molecular weight excluding hydrogens is 300 g/mol. The number of nitrogens with zero attached hydrogens (tertiary/aromatic N) is 6. The molecule has 0 amide bonds. The van der Waals surface area contributed by atoms with Gasteiger partial charge >= 0.3 is 5.82 Å². The van der Waals surface area contributed by atoms with Crippen molar-refractivity contribution in [3.8, 4) is 5.75 Å². The Morgan fingerprint density at radius 3 is 2.78 bits per heavy atom. The van der Waals surface area contributed by atoms with Gasteiger partial charge < -0.3 is 19.8 Å². The third-order valence-electron chi connectivity index (χ3n) is 3.22. The molecule has 1 aliphatic rings. The van der Waals surface area contributed by atoms with E-state index in [0.29, 0.717) is 24.0 Å². The molecule has 0 radical (unpaired) electrons. The van der Waals surface area contributed by atoms with E-state index in [1.165, 1.54) is 12.1 Å². The zero-order valence-electron chi connectivity index (χ0n) is 12.6. The average Bonchev–Trinajstić information content (AvgIpc) is 2.96. The number of aliphatic imine (C=N–C) groups is 1. The van der Waals surface area contributed by atoms with Crippen molar-refractivity contribution in [1.29, 1.82) is 0 Å². The second-order valence-electron chi connectivity index (χ2n) is 4.91. The summed E-state index contributed by atoms with van der Waals surface area (Å²) in [5, 5.41) is 14.8. The van der Waals surface area contributed by atoms with Gasteiger partial charge in [0.15, 0.2) is 11.4 Å². The molecule has 0 atom stereocenters. The lowest BCUT2D eigenvalue weighted by Crippen LogP contribution is -2.23. The number of hydrogen-bond donors (Lipinski definition) is 0. The number of nitro groups is 1. The van der Waals surface area contributed by atoms with E-state index in [4.69, 9.17) is 4.74 Å². The van der Waals surface area contributed by atoms with E-state index in [2.05, 4.69) is 15.1 Å². The molecule has 23 heavy (non-hydrogen) atoms. The van der Waals surface area contributed by atoms with E-state index in [9.17, 15) is 10.1 Å². The quantitative estimate of drug-likeness (QED) is 0.633. The Morgan fingerprint density at radius 2 is 2.22 bits per heavy atom. The number of pyridine rings is 1. The molecule has 0 aliphatic carbocycles. The predicted octanol–water partition coefficient (Wildman–Crippen LogP) is 1.80. The zero-order chi connectivity index (χ0) is 16.4. The normalized spacial score (nSPS) is 13.8. The SMILES string of the molecule is Cc1nc([N+](=O)[O-])ccc1OC1=NCN(c2cnn(C)c2)C=C1. The minimum Gasteiger partial charge on any atom is -0.435 e. The van der Waals surface area contributed by atoms with Crippen LogP contribution in [0.15, 0.2) is 41.8 Å². The Kier molecular flexibility index (Phi) is 3.75. The molecule has 0 spiro atoms. The van der Waals surface area contributed by atoms with Crippen LogP contribution < -0.4 is 9.64 Å². The van der Waals surface area contributed by atoms with Crippen LogP contribution >= 0.6 is 0 Å². The molecule has 3 rings (SSSR count).